The molecule has 0 radical (unpaired) electrons. The number of thiocarbonyl (C=S) groups is 2. The summed E-state index contributed by atoms with van der Waals surface area (Å²) in [7, 11) is 0. The number of hydrogen-bond acceptors (Lipinski definition) is 2. The average Bonchev–Trinajstić information content (AvgIpc) is 2.85. The van der Waals surface area contributed by atoms with Crippen LogP contribution in [0.2, 0.25) is 0 Å². The van der Waals surface area contributed by atoms with Crippen molar-refractivity contribution in [3.63, 3.8) is 0 Å². The molecule has 0 aliphatic heterocycles. The molecule has 0 amide bonds. The number of unbranched alkanes of at least 4 members (excludes halogenated alkanes) is 26. The minimum absolute atomic E-state index is 0.627. The molecule has 0 aromatic rings. The minimum Gasteiger partial charge on any atom is -0.371 e. The summed E-state index contributed by atoms with van der Waals surface area (Å²) in [5.74, 6) is 0. The Hall–Kier alpha value is 0.680. The summed E-state index contributed by atoms with van der Waals surface area (Å²) in [4.78, 5) is 0. The molecular weight excluding hydrogens is 515 g/mol. The zero-order chi connectivity index (χ0) is 26.4. The molecule has 0 aromatic heterocycles. The van der Waals surface area contributed by atoms with Crippen LogP contribution in [0.4, 0.5) is 0 Å². The van der Waals surface area contributed by atoms with E-state index in [1.54, 1.807) is 0 Å². The van der Waals surface area contributed by atoms with Gasteiger partial charge in [-0.15, -0.1) is 25.3 Å². The highest BCUT2D eigenvalue weighted by Gasteiger charge is 1.97. The van der Waals surface area contributed by atoms with Crippen LogP contribution in [-0.4, -0.2) is 15.1 Å². The van der Waals surface area contributed by atoms with E-state index in [1.807, 2.05) is 0 Å². The molecule has 1 N–H and O–H groups in total. The molecule has 0 saturated carbocycles. The van der Waals surface area contributed by atoms with Gasteiger partial charge in [0.1, 0.15) is 4.32 Å². The fourth-order valence-corrected chi connectivity index (χ4v) is 5.53. The van der Waals surface area contributed by atoms with Gasteiger partial charge in [0.2, 0.25) is 0 Å². The molecule has 0 heterocycles. The van der Waals surface area contributed by atoms with Crippen molar-refractivity contribution in [2.45, 2.75) is 180 Å². The zero-order valence-electron chi connectivity index (χ0n) is 23.7. The lowest BCUT2D eigenvalue weighted by molar-refractivity contribution is 0.514. The van der Waals surface area contributed by atoms with Crippen molar-refractivity contribution >= 4 is 58.2 Å². The van der Waals surface area contributed by atoms with Crippen LogP contribution in [0.25, 0.3) is 0 Å². The third-order valence-electron chi connectivity index (χ3n) is 7.34. The van der Waals surface area contributed by atoms with Crippen LogP contribution in [0, 0.1) is 0 Å². The first-order valence-corrected chi connectivity index (χ1v) is 17.5. The quantitative estimate of drug-likeness (QED) is 0.0447. The number of rotatable bonds is 30. The standard InChI is InChI=1S/C31H61NS4/c33-30(34)28-26-24-22-20-18-16-14-12-10-8-6-4-2-1-3-5-7-9-11-13-15-17-19-21-23-25-27-29-32-31(35)36/h1-29H2,(H,33,34)(H2,32,35,36). The second-order valence-corrected chi connectivity index (χ2v) is 13.4. The van der Waals surface area contributed by atoms with Crippen LogP contribution in [0.15, 0.2) is 0 Å². The monoisotopic (exact) mass is 575 g/mol. The highest BCUT2D eigenvalue weighted by molar-refractivity contribution is 8.11. The first kappa shape index (κ1) is 36.7. The molecule has 36 heavy (non-hydrogen) atoms. The molecule has 0 aliphatic carbocycles. The van der Waals surface area contributed by atoms with Crippen LogP contribution in [0.1, 0.15) is 180 Å². The molecule has 0 aliphatic rings. The highest BCUT2D eigenvalue weighted by Crippen LogP contribution is 2.16. The summed E-state index contributed by atoms with van der Waals surface area (Å²) >= 11 is 18.2. The minimum atomic E-state index is 0.627. The van der Waals surface area contributed by atoms with Gasteiger partial charge in [-0.25, -0.2) is 0 Å². The molecule has 5 heteroatoms. The van der Waals surface area contributed by atoms with E-state index in [4.69, 9.17) is 24.4 Å². The third-order valence-corrected chi connectivity index (χ3v) is 8.07. The first-order chi connectivity index (χ1) is 17.6. The zero-order valence-corrected chi connectivity index (χ0v) is 27.1. The van der Waals surface area contributed by atoms with E-state index in [-0.39, 0.29) is 0 Å². The topological polar surface area (TPSA) is 12.0 Å². The predicted octanol–water partition coefficient (Wildman–Crippen LogP) is 12.0. The lowest BCUT2D eigenvalue weighted by atomic mass is 10.0. The van der Waals surface area contributed by atoms with Crippen LogP contribution in [-0.2, 0) is 0 Å². The lowest BCUT2D eigenvalue weighted by Crippen LogP contribution is -2.17. The summed E-state index contributed by atoms with van der Waals surface area (Å²) in [6.45, 7) is 0.984. The van der Waals surface area contributed by atoms with Gasteiger partial charge in [-0.05, 0) is 19.3 Å². The Kier molecular flexibility index (Phi) is 32.5. The normalized spacial score (nSPS) is 11.2. The van der Waals surface area contributed by atoms with Crippen molar-refractivity contribution in [2.75, 3.05) is 6.54 Å². The Morgan fingerprint density at radius 3 is 0.806 bits per heavy atom. The number of nitrogens with one attached hydrogen (secondary N) is 1. The molecule has 0 fully saturated rings. The lowest BCUT2D eigenvalue weighted by Gasteiger charge is -2.05. The maximum absolute atomic E-state index is 5.01. The van der Waals surface area contributed by atoms with Gasteiger partial charge >= 0.3 is 0 Å². The van der Waals surface area contributed by atoms with Crippen molar-refractivity contribution in [1.29, 1.82) is 0 Å². The SMILES string of the molecule is S=C(S)CCCCCCCCCCCCCCCCCCCCCCCCCCCCCNC(=S)S. The molecular formula is C31H61NS4. The van der Waals surface area contributed by atoms with Crippen molar-refractivity contribution in [3.8, 4) is 0 Å². The van der Waals surface area contributed by atoms with E-state index >= 15 is 0 Å². The van der Waals surface area contributed by atoms with Gasteiger partial charge < -0.3 is 5.32 Å². The molecule has 0 atom stereocenters. The van der Waals surface area contributed by atoms with Gasteiger partial charge in [-0.2, -0.15) is 0 Å². The van der Waals surface area contributed by atoms with E-state index in [0.717, 1.165) is 17.2 Å². The molecule has 0 aromatic carbocycles. The molecule has 0 spiro atoms. The Bertz CT molecular complexity index is 427. The molecule has 0 unspecified atom stereocenters. The van der Waals surface area contributed by atoms with Gasteiger partial charge in [0.25, 0.3) is 0 Å². The number of hydrogen-bond donors (Lipinski definition) is 3. The van der Waals surface area contributed by atoms with Crippen LogP contribution >= 0.6 is 49.7 Å². The Labute approximate surface area is 248 Å². The summed E-state index contributed by atoms with van der Waals surface area (Å²) in [6.07, 6.45) is 39.3. The van der Waals surface area contributed by atoms with Crippen molar-refractivity contribution < 1.29 is 0 Å². The maximum Gasteiger partial charge on any atom is 0.130 e. The van der Waals surface area contributed by atoms with Gasteiger partial charge in [0, 0.05) is 10.7 Å². The van der Waals surface area contributed by atoms with Crippen molar-refractivity contribution in [3.05, 3.63) is 0 Å². The predicted molar refractivity (Wildman–Crippen MR) is 180 cm³/mol. The fraction of sp³-hybridized carbons (Fsp3) is 0.935. The first-order valence-electron chi connectivity index (χ1n) is 15.8. The molecule has 214 valence electrons. The van der Waals surface area contributed by atoms with E-state index in [1.165, 1.54) is 173 Å². The van der Waals surface area contributed by atoms with E-state index in [0.29, 0.717) is 4.32 Å². The molecule has 1 nitrogen and oxygen atoms in total. The van der Waals surface area contributed by atoms with E-state index < -0.39 is 0 Å². The molecule has 0 saturated heterocycles. The number of thiol groups is 2. The summed E-state index contributed by atoms with van der Waals surface area (Å²) < 4.78 is 1.50. The summed E-state index contributed by atoms with van der Waals surface area (Å²) in [5, 5.41) is 3.11. The smallest absolute Gasteiger partial charge is 0.130 e. The Morgan fingerprint density at radius 2 is 0.583 bits per heavy atom. The van der Waals surface area contributed by atoms with Crippen LogP contribution in [0.5, 0.6) is 0 Å². The highest BCUT2D eigenvalue weighted by atomic mass is 32.1. The Balaban J connectivity index is 3.03. The maximum atomic E-state index is 5.01. The van der Waals surface area contributed by atoms with Crippen LogP contribution < -0.4 is 5.32 Å². The summed E-state index contributed by atoms with van der Waals surface area (Å²) in [5.41, 5.74) is 0. The van der Waals surface area contributed by atoms with Gasteiger partial charge in [-0.1, -0.05) is 185 Å². The second kappa shape index (κ2) is 31.9. The fourth-order valence-electron chi connectivity index (χ4n) is 5.02. The van der Waals surface area contributed by atoms with Gasteiger partial charge in [0.05, 0.1) is 0 Å². The Morgan fingerprint density at radius 1 is 0.361 bits per heavy atom. The molecule has 0 bridgehead atoms. The second-order valence-electron chi connectivity index (χ2n) is 10.9. The van der Waals surface area contributed by atoms with E-state index in [9.17, 15) is 0 Å². The van der Waals surface area contributed by atoms with E-state index in [2.05, 4.69) is 30.6 Å². The van der Waals surface area contributed by atoms with Gasteiger partial charge in [0.15, 0.2) is 0 Å². The van der Waals surface area contributed by atoms with Crippen molar-refractivity contribution in [1.82, 2.24) is 5.32 Å². The van der Waals surface area contributed by atoms with Crippen LogP contribution in [0.3, 0.4) is 0 Å². The molecule has 0 rings (SSSR count). The largest absolute Gasteiger partial charge is 0.371 e. The van der Waals surface area contributed by atoms with Crippen molar-refractivity contribution in [2.24, 2.45) is 0 Å². The average molecular weight is 576 g/mol. The third kappa shape index (κ3) is 34.7. The summed E-state index contributed by atoms with van der Waals surface area (Å²) in [6, 6.07) is 0. The van der Waals surface area contributed by atoms with Gasteiger partial charge in [-0.3, -0.25) is 0 Å².